The highest BCUT2D eigenvalue weighted by Crippen LogP contribution is 2.18. The summed E-state index contributed by atoms with van der Waals surface area (Å²) in [6, 6.07) is 6.18. The Hall–Kier alpha value is -2.74. The summed E-state index contributed by atoms with van der Waals surface area (Å²) in [4.78, 5) is 6.65. The van der Waals surface area contributed by atoms with Gasteiger partial charge in [0.2, 0.25) is 11.7 Å². The Morgan fingerprint density at radius 1 is 1.28 bits per heavy atom. The van der Waals surface area contributed by atoms with E-state index in [0.717, 1.165) is 43.0 Å². The van der Waals surface area contributed by atoms with Gasteiger partial charge in [-0.3, -0.25) is 0 Å². The molecule has 4 rings (SSSR count). The number of nitrogens with zero attached hydrogens (tertiary/aromatic N) is 5. The van der Waals surface area contributed by atoms with Crippen molar-refractivity contribution in [2.75, 3.05) is 18.0 Å². The Morgan fingerprint density at radius 3 is 3.04 bits per heavy atom. The van der Waals surface area contributed by atoms with Crippen LogP contribution in [0.15, 0.2) is 39.7 Å². The molecular weight excluding hydrogens is 320 g/mol. The Kier molecular flexibility index (Phi) is 4.43. The van der Waals surface area contributed by atoms with Gasteiger partial charge in [0, 0.05) is 19.1 Å². The lowest BCUT2D eigenvalue weighted by molar-refractivity contribution is 0.343. The van der Waals surface area contributed by atoms with Crippen LogP contribution in [0.25, 0.3) is 11.4 Å². The average Bonchev–Trinajstić information content (AvgIpc) is 3.32. The molecule has 1 saturated heterocycles. The first-order valence-corrected chi connectivity index (χ1v) is 8.42. The van der Waals surface area contributed by atoms with Crippen molar-refractivity contribution in [3.05, 3.63) is 42.3 Å². The van der Waals surface area contributed by atoms with Crippen LogP contribution in [0.5, 0.6) is 0 Å². The van der Waals surface area contributed by atoms with E-state index in [-0.39, 0.29) is 0 Å². The Morgan fingerprint density at radius 2 is 2.24 bits per heavy atom. The highest BCUT2D eigenvalue weighted by atomic mass is 16.5. The van der Waals surface area contributed by atoms with Gasteiger partial charge in [-0.1, -0.05) is 5.16 Å². The Labute approximate surface area is 145 Å². The largest absolute Gasteiger partial charge is 0.472 e. The molecule has 0 bridgehead atoms. The second kappa shape index (κ2) is 7.02. The standard InChI is InChI=1S/C17H20N6O2/c1-12-4-5-15(21-20-12)23-7-2-3-14(10-23)18-9-16-19-17(22-25-16)13-6-8-24-11-13/h4-6,8,11,14,18H,2-3,7,9-10H2,1H3/t14-/m0/s1. The summed E-state index contributed by atoms with van der Waals surface area (Å²) in [5.74, 6) is 2.05. The summed E-state index contributed by atoms with van der Waals surface area (Å²) >= 11 is 0. The molecule has 0 unspecified atom stereocenters. The topological polar surface area (TPSA) is 93.1 Å². The van der Waals surface area contributed by atoms with Crippen LogP contribution < -0.4 is 10.2 Å². The van der Waals surface area contributed by atoms with Gasteiger partial charge in [-0.15, -0.1) is 5.10 Å². The minimum Gasteiger partial charge on any atom is -0.472 e. The Balaban J connectivity index is 1.34. The van der Waals surface area contributed by atoms with Gasteiger partial charge in [-0.25, -0.2) is 0 Å². The van der Waals surface area contributed by atoms with Gasteiger partial charge < -0.3 is 19.2 Å². The van der Waals surface area contributed by atoms with Crippen molar-refractivity contribution in [2.45, 2.75) is 32.4 Å². The first-order valence-electron chi connectivity index (χ1n) is 8.42. The molecule has 1 fully saturated rings. The van der Waals surface area contributed by atoms with E-state index in [1.54, 1.807) is 12.5 Å². The highest BCUT2D eigenvalue weighted by Gasteiger charge is 2.21. The molecule has 1 aliphatic rings. The van der Waals surface area contributed by atoms with E-state index < -0.39 is 0 Å². The maximum Gasteiger partial charge on any atom is 0.240 e. The molecule has 1 N–H and O–H groups in total. The zero-order valence-electron chi connectivity index (χ0n) is 14.1. The predicted octanol–water partition coefficient (Wildman–Crippen LogP) is 2.19. The highest BCUT2D eigenvalue weighted by molar-refractivity contribution is 5.51. The summed E-state index contributed by atoms with van der Waals surface area (Å²) in [7, 11) is 0. The molecule has 8 nitrogen and oxygen atoms in total. The number of aryl methyl sites for hydroxylation is 1. The summed E-state index contributed by atoms with van der Waals surface area (Å²) in [5.41, 5.74) is 1.75. The molecule has 0 amide bonds. The first kappa shape index (κ1) is 15.8. The van der Waals surface area contributed by atoms with Crippen molar-refractivity contribution in [1.29, 1.82) is 0 Å². The van der Waals surface area contributed by atoms with Gasteiger partial charge in [0.25, 0.3) is 0 Å². The van der Waals surface area contributed by atoms with Crippen molar-refractivity contribution in [3.63, 3.8) is 0 Å². The third kappa shape index (κ3) is 3.69. The molecule has 1 atom stereocenters. The van der Waals surface area contributed by atoms with Crippen LogP contribution in [0.3, 0.4) is 0 Å². The Bertz CT molecular complexity index is 799. The maximum atomic E-state index is 5.30. The molecule has 0 radical (unpaired) electrons. The van der Waals surface area contributed by atoms with Crippen LogP contribution >= 0.6 is 0 Å². The van der Waals surface area contributed by atoms with E-state index in [2.05, 4.69) is 30.6 Å². The molecule has 1 aliphatic heterocycles. The number of anilines is 1. The first-order chi connectivity index (χ1) is 12.3. The van der Waals surface area contributed by atoms with Crippen molar-refractivity contribution in [2.24, 2.45) is 0 Å². The van der Waals surface area contributed by atoms with Crippen molar-refractivity contribution in [1.82, 2.24) is 25.7 Å². The number of aromatic nitrogens is 4. The number of piperidine rings is 1. The third-order valence-electron chi connectivity index (χ3n) is 4.32. The second-order valence-electron chi connectivity index (χ2n) is 6.22. The average molecular weight is 340 g/mol. The molecule has 0 saturated carbocycles. The molecule has 3 aromatic rings. The zero-order chi connectivity index (χ0) is 17.1. The van der Waals surface area contributed by atoms with E-state index in [1.807, 2.05) is 25.1 Å². The van der Waals surface area contributed by atoms with Crippen LogP contribution in [0.1, 0.15) is 24.4 Å². The normalized spacial score (nSPS) is 17.8. The van der Waals surface area contributed by atoms with Crippen LogP contribution in [0.2, 0.25) is 0 Å². The van der Waals surface area contributed by atoms with Gasteiger partial charge in [-0.2, -0.15) is 10.1 Å². The quantitative estimate of drug-likeness (QED) is 0.755. The smallest absolute Gasteiger partial charge is 0.240 e. The monoisotopic (exact) mass is 340 g/mol. The molecule has 3 aromatic heterocycles. The molecule has 0 spiro atoms. The van der Waals surface area contributed by atoms with Crippen LogP contribution in [0, 0.1) is 6.92 Å². The molecule has 25 heavy (non-hydrogen) atoms. The molecule has 0 aliphatic carbocycles. The fourth-order valence-electron chi connectivity index (χ4n) is 2.98. The minimum absolute atomic E-state index is 0.348. The van der Waals surface area contributed by atoms with Gasteiger partial charge >= 0.3 is 0 Å². The summed E-state index contributed by atoms with van der Waals surface area (Å²) in [6.07, 6.45) is 5.41. The number of furan rings is 1. The fraction of sp³-hybridized carbons (Fsp3) is 0.412. The summed E-state index contributed by atoms with van der Waals surface area (Å²) in [6.45, 7) is 4.38. The zero-order valence-corrected chi connectivity index (χ0v) is 14.1. The lowest BCUT2D eigenvalue weighted by atomic mass is 10.1. The molecular formula is C17H20N6O2. The predicted molar refractivity (Wildman–Crippen MR) is 90.8 cm³/mol. The molecule has 4 heterocycles. The summed E-state index contributed by atoms with van der Waals surface area (Å²) in [5, 5.41) is 15.9. The van der Waals surface area contributed by atoms with Crippen LogP contribution in [-0.4, -0.2) is 39.5 Å². The van der Waals surface area contributed by atoms with E-state index in [0.29, 0.717) is 24.3 Å². The molecule has 8 heteroatoms. The number of hydrogen-bond donors (Lipinski definition) is 1. The van der Waals surface area contributed by atoms with Crippen LogP contribution in [-0.2, 0) is 6.54 Å². The van der Waals surface area contributed by atoms with Gasteiger partial charge in [-0.05, 0) is 38.0 Å². The lowest BCUT2D eigenvalue weighted by Gasteiger charge is -2.33. The van der Waals surface area contributed by atoms with Crippen molar-refractivity contribution >= 4 is 5.82 Å². The maximum absolute atomic E-state index is 5.30. The van der Waals surface area contributed by atoms with E-state index in [1.165, 1.54) is 0 Å². The van der Waals surface area contributed by atoms with Gasteiger partial charge in [0.1, 0.15) is 6.26 Å². The number of hydrogen-bond acceptors (Lipinski definition) is 8. The molecule has 130 valence electrons. The second-order valence-corrected chi connectivity index (χ2v) is 6.22. The SMILES string of the molecule is Cc1ccc(N2CCC[C@H](NCc3nc(-c4ccoc4)no3)C2)nn1. The molecule has 0 aromatic carbocycles. The number of rotatable bonds is 5. The summed E-state index contributed by atoms with van der Waals surface area (Å²) < 4.78 is 10.3. The van der Waals surface area contributed by atoms with Crippen LogP contribution in [0.4, 0.5) is 5.82 Å². The van der Waals surface area contributed by atoms with E-state index in [4.69, 9.17) is 8.94 Å². The fourth-order valence-corrected chi connectivity index (χ4v) is 2.98. The van der Waals surface area contributed by atoms with E-state index >= 15 is 0 Å². The van der Waals surface area contributed by atoms with Gasteiger partial charge in [0.15, 0.2) is 5.82 Å². The third-order valence-corrected chi connectivity index (χ3v) is 4.32. The van der Waals surface area contributed by atoms with Crippen molar-refractivity contribution in [3.8, 4) is 11.4 Å². The van der Waals surface area contributed by atoms with Crippen molar-refractivity contribution < 1.29 is 8.94 Å². The lowest BCUT2D eigenvalue weighted by Crippen LogP contribution is -2.45. The van der Waals surface area contributed by atoms with Gasteiger partial charge in [0.05, 0.1) is 24.1 Å². The minimum atomic E-state index is 0.348. The van der Waals surface area contributed by atoms with E-state index in [9.17, 15) is 0 Å². The number of nitrogens with one attached hydrogen (secondary N) is 1.